The van der Waals surface area contributed by atoms with Crippen LogP contribution in [0.3, 0.4) is 0 Å². The van der Waals surface area contributed by atoms with E-state index in [4.69, 9.17) is 4.74 Å². The summed E-state index contributed by atoms with van der Waals surface area (Å²) in [6.07, 6.45) is 3.21. The van der Waals surface area contributed by atoms with Crippen LogP contribution in [-0.2, 0) is 20.5 Å². The first-order valence-electron chi connectivity index (χ1n) is 13.4. The summed E-state index contributed by atoms with van der Waals surface area (Å²) in [6.45, 7) is 6.60. The van der Waals surface area contributed by atoms with Crippen molar-refractivity contribution in [2.24, 2.45) is 5.92 Å². The van der Waals surface area contributed by atoms with Crippen LogP contribution in [0, 0.1) is 12.8 Å². The number of aryl methyl sites for hydroxylation is 1. The zero-order valence-electron chi connectivity index (χ0n) is 21.7. The molecule has 2 spiro atoms. The molecular weight excluding hydrogens is 490 g/mol. The first-order valence-corrected chi connectivity index (χ1v) is 13.4. The molecule has 4 atom stereocenters. The number of rotatable bonds is 5. The second kappa shape index (κ2) is 8.38. The summed E-state index contributed by atoms with van der Waals surface area (Å²) < 4.78 is 5.74. The first-order chi connectivity index (χ1) is 19.0. The monoisotopic (exact) mass is 519 g/mol. The van der Waals surface area contributed by atoms with Gasteiger partial charge < -0.3 is 15.4 Å². The molecule has 4 aliphatic rings. The van der Waals surface area contributed by atoms with Crippen molar-refractivity contribution < 1.29 is 19.1 Å². The number of ether oxygens (including phenoxy) is 1. The Bertz CT molecular complexity index is 1580. The van der Waals surface area contributed by atoms with Crippen LogP contribution >= 0.6 is 0 Å². The second-order valence-electron chi connectivity index (χ2n) is 10.8. The van der Waals surface area contributed by atoms with E-state index < -0.39 is 16.9 Å². The Labute approximate surface area is 226 Å². The first kappa shape index (κ1) is 23.9. The molecule has 7 rings (SSSR count). The van der Waals surface area contributed by atoms with Gasteiger partial charge in [0.05, 0.1) is 5.92 Å². The molecule has 0 radical (unpaired) electrons. The van der Waals surface area contributed by atoms with Crippen molar-refractivity contribution in [2.45, 2.75) is 36.8 Å². The van der Waals surface area contributed by atoms with Gasteiger partial charge in [0, 0.05) is 28.5 Å². The minimum atomic E-state index is -1.45. The SMILES string of the molecule is C=CCOc1cccc(C(=O)[C@@H]2[C@H]3CCCN3[C@@]3(C(=O)Nc4c(C)cccc43)[C@]23C(=O)Nc2ccccc23)c1. The smallest absolute Gasteiger partial charge is 0.251 e. The molecule has 7 nitrogen and oxygen atoms in total. The minimum absolute atomic E-state index is 0.159. The number of fused-ring (bicyclic) bond motifs is 7. The van der Waals surface area contributed by atoms with E-state index >= 15 is 0 Å². The quantitative estimate of drug-likeness (QED) is 0.381. The Morgan fingerprint density at radius 1 is 1.05 bits per heavy atom. The predicted molar refractivity (Wildman–Crippen MR) is 148 cm³/mol. The van der Waals surface area contributed by atoms with Gasteiger partial charge >= 0.3 is 0 Å². The third kappa shape index (κ3) is 2.83. The number of para-hydroxylation sites is 2. The number of nitrogens with zero attached hydrogens (tertiary/aromatic N) is 1. The molecule has 0 bridgehead atoms. The van der Waals surface area contributed by atoms with Crippen LogP contribution in [0.15, 0.2) is 79.4 Å². The Kier molecular flexibility index (Phi) is 5.13. The summed E-state index contributed by atoms with van der Waals surface area (Å²) in [4.78, 5) is 45.9. The number of amides is 2. The fraction of sp³-hybridized carbons (Fsp3) is 0.281. The Hall–Kier alpha value is -4.23. The van der Waals surface area contributed by atoms with Crippen molar-refractivity contribution in [3.8, 4) is 5.75 Å². The molecule has 39 heavy (non-hydrogen) atoms. The summed E-state index contributed by atoms with van der Waals surface area (Å²) in [6, 6.07) is 20.2. The van der Waals surface area contributed by atoms with Crippen molar-refractivity contribution >= 4 is 29.0 Å². The molecule has 0 aliphatic carbocycles. The topological polar surface area (TPSA) is 87.7 Å². The number of carbonyl (C=O) groups is 3. The zero-order chi connectivity index (χ0) is 26.9. The average Bonchev–Trinajstić information content (AvgIpc) is 3.67. The molecule has 2 fully saturated rings. The molecule has 0 unspecified atom stereocenters. The highest BCUT2D eigenvalue weighted by Gasteiger charge is 2.81. The third-order valence-electron chi connectivity index (χ3n) is 9.11. The van der Waals surface area contributed by atoms with Crippen LogP contribution in [0.25, 0.3) is 0 Å². The summed E-state index contributed by atoms with van der Waals surface area (Å²) in [5, 5.41) is 6.22. The number of anilines is 2. The molecule has 7 heteroatoms. The van der Waals surface area contributed by atoms with Gasteiger partial charge in [-0.05, 0) is 55.6 Å². The maximum atomic E-state index is 14.7. The lowest BCUT2D eigenvalue weighted by atomic mass is 9.57. The van der Waals surface area contributed by atoms with Crippen LogP contribution in [-0.4, -0.2) is 41.7 Å². The van der Waals surface area contributed by atoms with Crippen molar-refractivity contribution in [2.75, 3.05) is 23.8 Å². The fourth-order valence-corrected chi connectivity index (χ4v) is 7.83. The highest BCUT2D eigenvalue weighted by Crippen LogP contribution is 2.68. The highest BCUT2D eigenvalue weighted by atomic mass is 16.5. The lowest BCUT2D eigenvalue weighted by molar-refractivity contribution is -0.137. The lowest BCUT2D eigenvalue weighted by Gasteiger charge is -2.43. The zero-order valence-corrected chi connectivity index (χ0v) is 21.7. The predicted octanol–water partition coefficient (Wildman–Crippen LogP) is 4.57. The van der Waals surface area contributed by atoms with E-state index in [9.17, 15) is 14.4 Å². The van der Waals surface area contributed by atoms with E-state index in [2.05, 4.69) is 22.1 Å². The van der Waals surface area contributed by atoms with Gasteiger partial charge in [0.2, 0.25) is 5.91 Å². The third-order valence-corrected chi connectivity index (χ3v) is 9.11. The molecule has 4 aliphatic heterocycles. The van der Waals surface area contributed by atoms with Crippen LogP contribution in [0.5, 0.6) is 5.75 Å². The molecule has 2 N–H and O–H groups in total. The summed E-state index contributed by atoms with van der Waals surface area (Å²) in [7, 11) is 0. The molecule has 0 saturated carbocycles. The van der Waals surface area contributed by atoms with Crippen LogP contribution < -0.4 is 15.4 Å². The van der Waals surface area contributed by atoms with Gasteiger partial charge in [-0.15, -0.1) is 0 Å². The number of carbonyl (C=O) groups excluding carboxylic acids is 3. The standard InChI is InChI=1S/C32H29N3O4/c1-3-17-39-21-11-7-10-20(18-21)28(36)26-25-15-8-16-35(25)32(23-13-6-9-19(2)27(23)34-30(32)38)31(26)22-12-4-5-14-24(22)33-29(31)37/h3-7,9-14,18,25-26H,1,8,15-17H2,2H3,(H,33,37)(H,34,38)/t25-,26+,31+,32+/m1/s1. The number of Topliss-reactive ketones (excluding diaryl/α,β-unsaturated/α-hetero) is 1. The number of hydrogen-bond donors (Lipinski definition) is 2. The second-order valence-corrected chi connectivity index (χ2v) is 10.8. The maximum Gasteiger partial charge on any atom is 0.251 e. The summed E-state index contributed by atoms with van der Waals surface area (Å²) in [5.74, 6) is -0.935. The number of nitrogens with one attached hydrogen (secondary N) is 2. The van der Waals surface area contributed by atoms with Gasteiger partial charge in [-0.1, -0.05) is 61.2 Å². The van der Waals surface area contributed by atoms with Gasteiger partial charge in [0.1, 0.15) is 23.3 Å². The van der Waals surface area contributed by atoms with Crippen molar-refractivity contribution in [3.63, 3.8) is 0 Å². The molecule has 4 heterocycles. The van der Waals surface area contributed by atoms with E-state index in [1.807, 2.05) is 49.4 Å². The van der Waals surface area contributed by atoms with E-state index in [1.54, 1.807) is 30.3 Å². The van der Waals surface area contributed by atoms with E-state index in [-0.39, 0.29) is 23.6 Å². The fourth-order valence-electron chi connectivity index (χ4n) is 7.83. The molecule has 3 aromatic carbocycles. The largest absolute Gasteiger partial charge is 0.490 e. The Balaban J connectivity index is 1.52. The van der Waals surface area contributed by atoms with Crippen LogP contribution in [0.1, 0.15) is 39.9 Å². The lowest BCUT2D eigenvalue weighted by Crippen LogP contribution is -2.62. The minimum Gasteiger partial charge on any atom is -0.490 e. The molecule has 0 aromatic heterocycles. The summed E-state index contributed by atoms with van der Waals surface area (Å²) in [5.41, 5.74) is 1.43. The van der Waals surface area contributed by atoms with Gasteiger partial charge in [-0.25, -0.2) is 0 Å². The normalized spacial score (nSPS) is 28.2. The molecule has 2 amide bonds. The number of ketones is 1. The van der Waals surface area contributed by atoms with Crippen molar-refractivity contribution in [1.82, 2.24) is 4.90 Å². The highest BCUT2D eigenvalue weighted by molar-refractivity contribution is 6.21. The van der Waals surface area contributed by atoms with Crippen LogP contribution in [0.2, 0.25) is 0 Å². The van der Waals surface area contributed by atoms with E-state index in [0.717, 1.165) is 29.7 Å². The van der Waals surface area contributed by atoms with E-state index in [0.29, 0.717) is 35.7 Å². The van der Waals surface area contributed by atoms with Crippen molar-refractivity contribution in [1.29, 1.82) is 0 Å². The molecule has 196 valence electrons. The Morgan fingerprint density at radius 3 is 2.69 bits per heavy atom. The summed E-state index contributed by atoms with van der Waals surface area (Å²) >= 11 is 0. The molecule has 2 saturated heterocycles. The van der Waals surface area contributed by atoms with E-state index in [1.165, 1.54) is 0 Å². The maximum absolute atomic E-state index is 14.7. The number of benzene rings is 3. The van der Waals surface area contributed by atoms with Gasteiger partial charge in [0.25, 0.3) is 5.91 Å². The molecule has 3 aromatic rings. The molecular formula is C32H29N3O4. The average molecular weight is 520 g/mol. The number of hydrogen-bond acceptors (Lipinski definition) is 5. The van der Waals surface area contributed by atoms with Gasteiger partial charge in [-0.3, -0.25) is 19.3 Å². The van der Waals surface area contributed by atoms with Crippen LogP contribution in [0.4, 0.5) is 11.4 Å². The van der Waals surface area contributed by atoms with Gasteiger partial charge in [-0.2, -0.15) is 0 Å². The Morgan fingerprint density at radius 2 is 1.85 bits per heavy atom. The van der Waals surface area contributed by atoms with Gasteiger partial charge in [0.15, 0.2) is 5.78 Å². The van der Waals surface area contributed by atoms with Crippen molar-refractivity contribution in [3.05, 3.63) is 102 Å².